The third kappa shape index (κ3) is 4.78. The Morgan fingerprint density at radius 1 is 1.06 bits per heavy atom. The number of ether oxygens (including phenoxy) is 2. The second-order valence-corrected chi connectivity index (χ2v) is 4.22. The first-order valence-electron chi connectivity index (χ1n) is 6.66. The number of unbranched alkanes of at least 4 members (excludes halogenated alkanes) is 2. The fraction of sp³-hybridized carbons (Fsp3) is 0.533. The third-order valence-electron chi connectivity index (χ3n) is 2.63. The summed E-state index contributed by atoms with van der Waals surface area (Å²) in [5.74, 6) is 1.37. The SMILES string of the molecule is CCCCOc1ccc(OCCCC)c(C=O)c1. The molecule has 0 atom stereocenters. The molecule has 0 heterocycles. The first-order chi connectivity index (χ1) is 8.81. The van der Waals surface area contributed by atoms with Gasteiger partial charge in [-0.05, 0) is 31.0 Å². The van der Waals surface area contributed by atoms with Gasteiger partial charge in [0.25, 0.3) is 0 Å². The largest absolute Gasteiger partial charge is 0.494 e. The van der Waals surface area contributed by atoms with Crippen LogP contribution in [0.1, 0.15) is 49.9 Å². The molecule has 0 aliphatic carbocycles. The monoisotopic (exact) mass is 250 g/mol. The minimum Gasteiger partial charge on any atom is -0.494 e. The molecular formula is C15H22O3. The van der Waals surface area contributed by atoms with Gasteiger partial charge in [-0.3, -0.25) is 4.79 Å². The number of aldehydes is 1. The summed E-state index contributed by atoms with van der Waals surface area (Å²) < 4.78 is 11.1. The molecular weight excluding hydrogens is 228 g/mol. The van der Waals surface area contributed by atoms with Crippen LogP contribution in [0.5, 0.6) is 11.5 Å². The van der Waals surface area contributed by atoms with Crippen LogP contribution in [0.25, 0.3) is 0 Å². The van der Waals surface area contributed by atoms with Crippen molar-refractivity contribution >= 4 is 6.29 Å². The van der Waals surface area contributed by atoms with Crippen molar-refractivity contribution in [1.29, 1.82) is 0 Å². The minimum atomic E-state index is 0.556. The van der Waals surface area contributed by atoms with E-state index in [1.165, 1.54) is 0 Å². The molecule has 0 N–H and O–H groups in total. The highest BCUT2D eigenvalue weighted by molar-refractivity contribution is 5.80. The number of carbonyl (C=O) groups is 1. The van der Waals surface area contributed by atoms with Crippen molar-refractivity contribution in [2.24, 2.45) is 0 Å². The zero-order chi connectivity index (χ0) is 13.2. The molecule has 0 aromatic heterocycles. The van der Waals surface area contributed by atoms with Crippen LogP contribution in [0.2, 0.25) is 0 Å². The Balaban J connectivity index is 2.61. The molecule has 1 aromatic carbocycles. The van der Waals surface area contributed by atoms with E-state index in [4.69, 9.17) is 9.47 Å². The van der Waals surface area contributed by atoms with Crippen LogP contribution in [-0.4, -0.2) is 19.5 Å². The Morgan fingerprint density at radius 2 is 1.72 bits per heavy atom. The van der Waals surface area contributed by atoms with Gasteiger partial charge in [-0.15, -0.1) is 0 Å². The molecule has 0 spiro atoms. The van der Waals surface area contributed by atoms with E-state index in [0.29, 0.717) is 24.5 Å². The van der Waals surface area contributed by atoms with E-state index < -0.39 is 0 Å². The minimum absolute atomic E-state index is 0.556. The Labute approximate surface area is 109 Å². The zero-order valence-electron chi connectivity index (χ0n) is 11.3. The summed E-state index contributed by atoms with van der Waals surface area (Å²) in [7, 11) is 0. The summed E-state index contributed by atoms with van der Waals surface area (Å²) >= 11 is 0. The molecule has 18 heavy (non-hydrogen) atoms. The standard InChI is InChI=1S/C15H22O3/c1-3-5-9-17-14-7-8-15(13(11-14)12-16)18-10-6-4-2/h7-8,11-12H,3-6,9-10H2,1-2H3. The molecule has 100 valence electrons. The Bertz CT molecular complexity index is 361. The van der Waals surface area contributed by atoms with Gasteiger partial charge >= 0.3 is 0 Å². The predicted molar refractivity (Wildman–Crippen MR) is 72.6 cm³/mol. The molecule has 0 amide bonds. The molecule has 0 saturated heterocycles. The molecule has 0 fully saturated rings. The lowest BCUT2D eigenvalue weighted by molar-refractivity contribution is 0.111. The number of hydrogen-bond donors (Lipinski definition) is 0. The number of benzene rings is 1. The van der Waals surface area contributed by atoms with E-state index >= 15 is 0 Å². The van der Waals surface area contributed by atoms with E-state index in [9.17, 15) is 4.79 Å². The number of rotatable bonds is 9. The van der Waals surface area contributed by atoms with Crippen LogP contribution in [0.3, 0.4) is 0 Å². The summed E-state index contributed by atoms with van der Waals surface area (Å²) in [5, 5.41) is 0. The van der Waals surface area contributed by atoms with Gasteiger partial charge in [-0.25, -0.2) is 0 Å². The van der Waals surface area contributed by atoms with Gasteiger partial charge in [0, 0.05) is 0 Å². The van der Waals surface area contributed by atoms with Crippen LogP contribution in [0, 0.1) is 0 Å². The molecule has 1 aromatic rings. The first-order valence-corrected chi connectivity index (χ1v) is 6.66. The van der Waals surface area contributed by atoms with Crippen molar-refractivity contribution in [3.63, 3.8) is 0 Å². The summed E-state index contributed by atoms with van der Waals surface area (Å²) in [6.07, 6.45) is 5.00. The summed E-state index contributed by atoms with van der Waals surface area (Å²) in [5.41, 5.74) is 0.556. The maximum atomic E-state index is 11.0. The molecule has 0 radical (unpaired) electrons. The maximum absolute atomic E-state index is 11.0. The average Bonchev–Trinajstić information content (AvgIpc) is 2.40. The topological polar surface area (TPSA) is 35.5 Å². The van der Waals surface area contributed by atoms with Gasteiger partial charge in [-0.1, -0.05) is 26.7 Å². The molecule has 0 saturated carbocycles. The lowest BCUT2D eigenvalue weighted by atomic mass is 10.2. The van der Waals surface area contributed by atoms with E-state index in [0.717, 1.165) is 37.7 Å². The Kier molecular flexibility index (Phi) is 6.92. The highest BCUT2D eigenvalue weighted by atomic mass is 16.5. The predicted octanol–water partition coefficient (Wildman–Crippen LogP) is 3.86. The first kappa shape index (κ1) is 14.6. The molecule has 3 heteroatoms. The molecule has 1 rings (SSSR count). The zero-order valence-corrected chi connectivity index (χ0v) is 11.3. The fourth-order valence-electron chi connectivity index (χ4n) is 1.50. The highest BCUT2D eigenvalue weighted by Crippen LogP contribution is 2.23. The molecule has 0 unspecified atom stereocenters. The van der Waals surface area contributed by atoms with Crippen molar-refractivity contribution in [2.45, 2.75) is 39.5 Å². The summed E-state index contributed by atoms with van der Waals surface area (Å²) in [4.78, 5) is 11.0. The van der Waals surface area contributed by atoms with Crippen LogP contribution < -0.4 is 9.47 Å². The molecule has 0 aliphatic heterocycles. The van der Waals surface area contributed by atoms with E-state index in [1.54, 1.807) is 12.1 Å². The highest BCUT2D eigenvalue weighted by Gasteiger charge is 2.05. The van der Waals surface area contributed by atoms with Gasteiger partial charge in [0.2, 0.25) is 0 Å². The maximum Gasteiger partial charge on any atom is 0.153 e. The lowest BCUT2D eigenvalue weighted by Crippen LogP contribution is -2.01. The Morgan fingerprint density at radius 3 is 2.33 bits per heavy atom. The van der Waals surface area contributed by atoms with Gasteiger partial charge in [-0.2, -0.15) is 0 Å². The van der Waals surface area contributed by atoms with Crippen LogP contribution in [-0.2, 0) is 0 Å². The van der Waals surface area contributed by atoms with E-state index in [1.807, 2.05) is 6.07 Å². The lowest BCUT2D eigenvalue weighted by Gasteiger charge is -2.10. The van der Waals surface area contributed by atoms with Crippen molar-refractivity contribution < 1.29 is 14.3 Å². The average molecular weight is 250 g/mol. The summed E-state index contributed by atoms with van der Waals surface area (Å²) in [6, 6.07) is 5.40. The van der Waals surface area contributed by atoms with Crippen molar-refractivity contribution in [2.75, 3.05) is 13.2 Å². The van der Waals surface area contributed by atoms with Crippen molar-refractivity contribution in [1.82, 2.24) is 0 Å². The van der Waals surface area contributed by atoms with Gasteiger partial charge < -0.3 is 9.47 Å². The Hall–Kier alpha value is -1.51. The van der Waals surface area contributed by atoms with Gasteiger partial charge in [0.1, 0.15) is 11.5 Å². The fourth-order valence-corrected chi connectivity index (χ4v) is 1.50. The normalized spacial score (nSPS) is 10.1. The van der Waals surface area contributed by atoms with Gasteiger partial charge in [0.15, 0.2) is 6.29 Å². The summed E-state index contributed by atoms with van der Waals surface area (Å²) in [6.45, 7) is 5.55. The molecule has 3 nitrogen and oxygen atoms in total. The van der Waals surface area contributed by atoms with Crippen LogP contribution in [0.4, 0.5) is 0 Å². The molecule has 0 bridgehead atoms. The van der Waals surface area contributed by atoms with Crippen LogP contribution >= 0.6 is 0 Å². The van der Waals surface area contributed by atoms with Crippen molar-refractivity contribution in [3.8, 4) is 11.5 Å². The quantitative estimate of drug-likeness (QED) is 0.493. The smallest absolute Gasteiger partial charge is 0.153 e. The second-order valence-electron chi connectivity index (χ2n) is 4.22. The third-order valence-corrected chi connectivity index (χ3v) is 2.63. The van der Waals surface area contributed by atoms with E-state index in [2.05, 4.69) is 13.8 Å². The van der Waals surface area contributed by atoms with E-state index in [-0.39, 0.29) is 0 Å². The number of carbonyl (C=O) groups excluding carboxylic acids is 1. The van der Waals surface area contributed by atoms with Gasteiger partial charge in [0.05, 0.1) is 18.8 Å². The second kappa shape index (κ2) is 8.56. The van der Waals surface area contributed by atoms with Crippen LogP contribution in [0.15, 0.2) is 18.2 Å². The molecule has 0 aliphatic rings. The number of hydrogen-bond acceptors (Lipinski definition) is 3. The van der Waals surface area contributed by atoms with Crippen molar-refractivity contribution in [3.05, 3.63) is 23.8 Å².